The van der Waals surface area contributed by atoms with Crippen molar-refractivity contribution in [1.82, 2.24) is 14.7 Å². The summed E-state index contributed by atoms with van der Waals surface area (Å²) >= 11 is 0. The van der Waals surface area contributed by atoms with Crippen LogP contribution in [0.2, 0.25) is 0 Å². The first-order valence-electron chi connectivity index (χ1n) is 6.73. The molecular weight excluding hydrogens is 228 g/mol. The van der Waals surface area contributed by atoms with Gasteiger partial charge in [0.15, 0.2) is 0 Å². The highest BCUT2D eigenvalue weighted by Crippen LogP contribution is 2.24. The molecule has 2 heterocycles. The van der Waals surface area contributed by atoms with E-state index in [1.165, 1.54) is 5.56 Å². The van der Waals surface area contributed by atoms with Gasteiger partial charge >= 0.3 is 0 Å². The third-order valence-electron chi connectivity index (χ3n) is 3.57. The molecule has 0 aromatic carbocycles. The van der Waals surface area contributed by atoms with E-state index in [-0.39, 0.29) is 12.1 Å². The zero-order valence-electron chi connectivity index (χ0n) is 11.6. The van der Waals surface area contributed by atoms with Crippen molar-refractivity contribution in [3.05, 3.63) is 17.5 Å². The molecule has 2 rings (SSSR count). The monoisotopic (exact) mass is 252 g/mol. The minimum Gasteiger partial charge on any atom is -0.376 e. The lowest BCUT2D eigenvalue weighted by atomic mass is 10.0. The van der Waals surface area contributed by atoms with Crippen molar-refractivity contribution in [2.24, 2.45) is 12.8 Å². The normalized spacial score (nSPS) is 23.2. The molecule has 102 valence electrons. The van der Waals surface area contributed by atoms with Crippen LogP contribution in [-0.4, -0.2) is 47.0 Å². The van der Waals surface area contributed by atoms with Gasteiger partial charge in [-0.05, 0) is 13.3 Å². The van der Waals surface area contributed by atoms with Crippen molar-refractivity contribution in [3.63, 3.8) is 0 Å². The molecule has 18 heavy (non-hydrogen) atoms. The van der Waals surface area contributed by atoms with Gasteiger partial charge in [-0.1, -0.05) is 6.92 Å². The molecular formula is C13H24N4O. The lowest BCUT2D eigenvalue weighted by Crippen LogP contribution is -2.45. The molecule has 2 unspecified atom stereocenters. The summed E-state index contributed by atoms with van der Waals surface area (Å²) < 4.78 is 7.49. The van der Waals surface area contributed by atoms with Crippen LogP contribution < -0.4 is 5.73 Å². The summed E-state index contributed by atoms with van der Waals surface area (Å²) in [5.74, 6) is 0. The Kier molecular flexibility index (Phi) is 4.37. The van der Waals surface area contributed by atoms with Crippen molar-refractivity contribution in [2.45, 2.75) is 32.4 Å². The first-order valence-corrected chi connectivity index (χ1v) is 6.73. The minimum atomic E-state index is 0.264. The van der Waals surface area contributed by atoms with Crippen LogP contribution in [0.1, 0.15) is 31.1 Å². The Labute approximate surface area is 109 Å². The van der Waals surface area contributed by atoms with Crippen LogP contribution in [0.15, 0.2) is 6.20 Å². The second-order valence-corrected chi connectivity index (χ2v) is 4.99. The second-order valence-electron chi connectivity index (χ2n) is 4.99. The van der Waals surface area contributed by atoms with Crippen LogP contribution in [-0.2, 0) is 18.2 Å². The summed E-state index contributed by atoms with van der Waals surface area (Å²) in [4.78, 5) is 2.42. The number of hydrogen-bond donors (Lipinski definition) is 1. The van der Waals surface area contributed by atoms with Gasteiger partial charge < -0.3 is 10.5 Å². The Balaban J connectivity index is 2.21. The van der Waals surface area contributed by atoms with Crippen LogP contribution >= 0.6 is 0 Å². The highest BCUT2D eigenvalue weighted by molar-refractivity contribution is 5.22. The number of rotatable bonds is 4. The zero-order valence-corrected chi connectivity index (χ0v) is 11.6. The zero-order chi connectivity index (χ0) is 13.1. The number of nitrogens with two attached hydrogens (primary N) is 1. The van der Waals surface area contributed by atoms with Gasteiger partial charge in [0.25, 0.3) is 0 Å². The summed E-state index contributed by atoms with van der Waals surface area (Å²) in [6.45, 7) is 7.57. The summed E-state index contributed by atoms with van der Waals surface area (Å²) in [6.07, 6.45) is 3.35. The van der Waals surface area contributed by atoms with E-state index in [9.17, 15) is 0 Å². The SMILES string of the molecule is CCc1nn(C)cc1C(CN)N1CCOC(C)C1. The third kappa shape index (κ3) is 2.74. The molecule has 1 aromatic heterocycles. The average Bonchev–Trinajstić information content (AvgIpc) is 2.71. The van der Waals surface area contributed by atoms with Gasteiger partial charge in [0.2, 0.25) is 0 Å². The van der Waals surface area contributed by atoms with E-state index in [1.54, 1.807) is 0 Å². The van der Waals surface area contributed by atoms with E-state index < -0.39 is 0 Å². The maximum Gasteiger partial charge on any atom is 0.0674 e. The Morgan fingerprint density at radius 1 is 1.61 bits per heavy atom. The number of aromatic nitrogens is 2. The Bertz CT molecular complexity index is 390. The molecule has 0 amide bonds. The van der Waals surface area contributed by atoms with Crippen molar-refractivity contribution in [3.8, 4) is 0 Å². The number of ether oxygens (including phenoxy) is 1. The van der Waals surface area contributed by atoms with Gasteiger partial charge in [-0.15, -0.1) is 0 Å². The standard InChI is InChI=1S/C13H24N4O/c1-4-12-11(9-16(3)15-12)13(7-14)17-5-6-18-10(2)8-17/h9-10,13H,4-8,14H2,1-3H3. The van der Waals surface area contributed by atoms with Gasteiger partial charge in [0.05, 0.1) is 24.4 Å². The molecule has 1 aromatic rings. The second kappa shape index (κ2) is 5.82. The number of nitrogens with zero attached hydrogens (tertiary/aromatic N) is 3. The van der Waals surface area contributed by atoms with E-state index in [0.29, 0.717) is 6.54 Å². The molecule has 0 bridgehead atoms. The van der Waals surface area contributed by atoms with E-state index in [0.717, 1.165) is 31.8 Å². The summed E-state index contributed by atoms with van der Waals surface area (Å²) in [7, 11) is 1.97. The van der Waals surface area contributed by atoms with Crippen LogP contribution in [0.4, 0.5) is 0 Å². The molecule has 0 saturated carbocycles. The maximum absolute atomic E-state index is 5.99. The third-order valence-corrected chi connectivity index (χ3v) is 3.57. The van der Waals surface area contributed by atoms with Gasteiger partial charge in [-0.3, -0.25) is 9.58 Å². The average molecular weight is 252 g/mol. The van der Waals surface area contributed by atoms with E-state index >= 15 is 0 Å². The maximum atomic E-state index is 5.99. The summed E-state index contributed by atoms with van der Waals surface area (Å²) in [6, 6.07) is 0.264. The topological polar surface area (TPSA) is 56.3 Å². The van der Waals surface area contributed by atoms with E-state index in [1.807, 2.05) is 11.7 Å². The molecule has 1 aliphatic heterocycles. The molecule has 1 aliphatic rings. The fourth-order valence-electron chi connectivity index (χ4n) is 2.71. The van der Waals surface area contributed by atoms with Gasteiger partial charge in [-0.2, -0.15) is 5.10 Å². The van der Waals surface area contributed by atoms with Crippen LogP contribution in [0.3, 0.4) is 0 Å². The first kappa shape index (κ1) is 13.5. The fraction of sp³-hybridized carbons (Fsp3) is 0.769. The van der Waals surface area contributed by atoms with Crippen LogP contribution in [0.5, 0.6) is 0 Å². The molecule has 2 N–H and O–H groups in total. The largest absolute Gasteiger partial charge is 0.376 e. The molecule has 0 spiro atoms. The highest BCUT2D eigenvalue weighted by Gasteiger charge is 2.27. The molecule has 0 radical (unpaired) electrons. The van der Waals surface area contributed by atoms with Crippen molar-refractivity contribution < 1.29 is 4.74 Å². The fourth-order valence-corrected chi connectivity index (χ4v) is 2.71. The van der Waals surface area contributed by atoms with E-state index in [4.69, 9.17) is 10.5 Å². The molecule has 5 heteroatoms. The van der Waals surface area contributed by atoms with Gasteiger partial charge in [0.1, 0.15) is 0 Å². The lowest BCUT2D eigenvalue weighted by Gasteiger charge is -2.36. The van der Waals surface area contributed by atoms with Crippen molar-refractivity contribution in [2.75, 3.05) is 26.2 Å². The predicted octanol–water partition coefficient (Wildman–Crippen LogP) is 0.703. The van der Waals surface area contributed by atoms with Crippen LogP contribution in [0, 0.1) is 0 Å². The first-order chi connectivity index (χ1) is 8.65. The Hall–Kier alpha value is -0.910. The molecule has 1 fully saturated rings. The minimum absolute atomic E-state index is 0.264. The predicted molar refractivity (Wildman–Crippen MR) is 71.4 cm³/mol. The smallest absolute Gasteiger partial charge is 0.0674 e. The lowest BCUT2D eigenvalue weighted by molar-refractivity contribution is -0.0334. The molecule has 1 saturated heterocycles. The number of aryl methyl sites for hydroxylation is 2. The van der Waals surface area contributed by atoms with Gasteiger partial charge in [0, 0.05) is 38.4 Å². The van der Waals surface area contributed by atoms with E-state index in [2.05, 4.69) is 30.0 Å². The summed E-state index contributed by atoms with van der Waals surface area (Å²) in [5, 5.41) is 4.52. The van der Waals surface area contributed by atoms with Gasteiger partial charge in [-0.25, -0.2) is 0 Å². The molecule has 2 atom stereocenters. The number of hydrogen-bond acceptors (Lipinski definition) is 4. The molecule has 0 aliphatic carbocycles. The Morgan fingerprint density at radius 2 is 2.39 bits per heavy atom. The Morgan fingerprint density at radius 3 is 3.00 bits per heavy atom. The molecule has 5 nitrogen and oxygen atoms in total. The summed E-state index contributed by atoms with van der Waals surface area (Å²) in [5.41, 5.74) is 8.43. The quantitative estimate of drug-likeness (QED) is 0.857. The number of morpholine rings is 1. The highest BCUT2D eigenvalue weighted by atomic mass is 16.5. The van der Waals surface area contributed by atoms with Crippen molar-refractivity contribution >= 4 is 0 Å². The van der Waals surface area contributed by atoms with Crippen LogP contribution in [0.25, 0.3) is 0 Å². The van der Waals surface area contributed by atoms with Crippen molar-refractivity contribution in [1.29, 1.82) is 0 Å².